The van der Waals surface area contributed by atoms with Crippen LogP contribution in [0.4, 0.5) is 5.95 Å². The fourth-order valence-electron chi connectivity index (χ4n) is 4.17. The first kappa shape index (κ1) is 22.3. The number of carbonyl (C=O) groups excluding carboxylic acids is 1. The van der Waals surface area contributed by atoms with Crippen LogP contribution in [0.2, 0.25) is 0 Å². The molecule has 4 aromatic rings. The summed E-state index contributed by atoms with van der Waals surface area (Å²) < 4.78 is 0.881. The molecule has 1 atom stereocenters. The van der Waals surface area contributed by atoms with Crippen molar-refractivity contribution in [1.82, 2.24) is 14.8 Å². The number of benzene rings is 3. The van der Waals surface area contributed by atoms with E-state index in [1.54, 1.807) is 0 Å². The van der Waals surface area contributed by atoms with Gasteiger partial charge in [0.1, 0.15) is 29.3 Å². The zero-order valence-electron chi connectivity index (χ0n) is 17.9. The van der Waals surface area contributed by atoms with Crippen LogP contribution in [0, 0.1) is 10.1 Å². The number of nitro groups is 1. The van der Waals surface area contributed by atoms with Gasteiger partial charge in [-0.1, -0.05) is 54.6 Å². The number of hydrogen-bond acceptors (Lipinski definition) is 5. The Kier molecular flexibility index (Phi) is 6.29. The van der Waals surface area contributed by atoms with Gasteiger partial charge in [-0.05, 0) is 48.2 Å². The summed E-state index contributed by atoms with van der Waals surface area (Å²) in [6, 6.07) is 28.4. The van der Waals surface area contributed by atoms with E-state index in [1.807, 2.05) is 91.0 Å². The summed E-state index contributed by atoms with van der Waals surface area (Å²) in [6.07, 6.45) is 0.195. The average molecular weight is 461 g/mol. The third-order valence-corrected chi connectivity index (χ3v) is 10.1. The molecule has 0 aliphatic rings. The van der Waals surface area contributed by atoms with E-state index in [0.29, 0.717) is 0 Å². The Hall–Kier alpha value is -3.90. The molecule has 0 aliphatic heterocycles. The topological polar surface area (TPSA) is 111 Å². The molecule has 0 amide bonds. The minimum absolute atomic E-state index is 0.195. The number of nitrogens with zero attached hydrogens (tertiary/aromatic N) is 3. The second-order valence-corrected chi connectivity index (χ2v) is 11.1. The summed E-state index contributed by atoms with van der Waals surface area (Å²) >= 11 is 0. The van der Waals surface area contributed by atoms with Crippen LogP contribution in [0.15, 0.2) is 95.8 Å². The van der Waals surface area contributed by atoms with Crippen LogP contribution < -0.4 is 21.6 Å². The molecule has 0 radical (unpaired) electrons. The number of rotatable bonds is 8. The van der Waals surface area contributed by atoms with Crippen molar-refractivity contribution in [1.29, 1.82) is 0 Å². The Balaban J connectivity index is 2.03. The predicted octanol–water partition coefficient (Wildman–Crippen LogP) is 2.60. The molecule has 0 spiro atoms. The van der Waals surface area contributed by atoms with E-state index < -0.39 is 29.9 Å². The van der Waals surface area contributed by atoms with Crippen LogP contribution in [-0.2, 0) is 4.79 Å². The van der Waals surface area contributed by atoms with Crippen molar-refractivity contribution in [3.63, 3.8) is 0 Å². The molecular formula is C24H22N4O4P+. The Morgan fingerprint density at radius 3 is 1.73 bits per heavy atom. The molecule has 1 unspecified atom stereocenters. The molecule has 9 heteroatoms. The van der Waals surface area contributed by atoms with Crippen molar-refractivity contribution >= 4 is 34.9 Å². The van der Waals surface area contributed by atoms with E-state index in [1.165, 1.54) is 6.92 Å². The summed E-state index contributed by atoms with van der Waals surface area (Å²) in [5, 5.41) is 20.3. The van der Waals surface area contributed by atoms with Crippen LogP contribution in [0.25, 0.3) is 0 Å². The highest BCUT2D eigenvalue weighted by molar-refractivity contribution is 7.95. The molecule has 1 heterocycles. The number of ketones is 1. The molecule has 4 rings (SSSR count). The highest BCUT2D eigenvalue weighted by Crippen LogP contribution is 2.57. The van der Waals surface area contributed by atoms with Gasteiger partial charge < -0.3 is 10.1 Å². The highest BCUT2D eigenvalue weighted by atomic mass is 31.2. The number of H-pyrrole nitrogens is 1. The molecule has 33 heavy (non-hydrogen) atoms. The number of aromatic amines is 1. The molecule has 3 aromatic carbocycles. The van der Waals surface area contributed by atoms with Gasteiger partial charge in [-0.15, -0.1) is 5.10 Å². The van der Waals surface area contributed by atoms with Gasteiger partial charge in [0.15, 0.2) is 11.8 Å². The number of nitrogens with one attached hydrogen (secondary N) is 1. The quantitative estimate of drug-likeness (QED) is 0.246. The van der Waals surface area contributed by atoms with Crippen LogP contribution in [-0.4, -0.2) is 31.6 Å². The van der Waals surface area contributed by atoms with E-state index in [2.05, 4.69) is 10.2 Å². The van der Waals surface area contributed by atoms with E-state index in [-0.39, 0.29) is 11.9 Å². The van der Waals surface area contributed by atoms with Gasteiger partial charge in [-0.25, -0.2) is 4.79 Å². The molecule has 8 nitrogen and oxygen atoms in total. The lowest BCUT2D eigenvalue weighted by Crippen LogP contribution is -2.39. The number of aromatic nitrogens is 3. The zero-order valence-corrected chi connectivity index (χ0v) is 18.8. The van der Waals surface area contributed by atoms with Crippen molar-refractivity contribution in [2.75, 3.05) is 6.16 Å². The molecule has 1 aromatic heterocycles. The number of hydrogen-bond donors (Lipinski definition) is 1. The molecular weight excluding hydrogens is 439 g/mol. The van der Waals surface area contributed by atoms with Gasteiger partial charge in [0.25, 0.3) is 0 Å². The Labute approximate surface area is 190 Å². The second-order valence-electron chi connectivity index (χ2n) is 7.58. The minimum atomic E-state index is -2.52. The number of Topliss-reactive ketones (excluding diaryl/α,β-unsaturated/α-hetero) is 1. The molecule has 0 aliphatic carbocycles. The van der Waals surface area contributed by atoms with Crippen molar-refractivity contribution in [2.24, 2.45) is 0 Å². The van der Waals surface area contributed by atoms with Gasteiger partial charge in [0.05, 0.1) is 0 Å². The van der Waals surface area contributed by atoms with Gasteiger partial charge in [-0.3, -0.25) is 4.79 Å². The first-order valence-corrected chi connectivity index (χ1v) is 12.3. The Bertz CT molecular complexity index is 1220. The maximum atomic E-state index is 12.9. The van der Waals surface area contributed by atoms with Gasteiger partial charge in [0, 0.05) is 5.10 Å². The average Bonchev–Trinajstić information content (AvgIpc) is 3.23. The van der Waals surface area contributed by atoms with Gasteiger partial charge in [-0.2, -0.15) is 4.57 Å². The summed E-state index contributed by atoms with van der Waals surface area (Å²) in [4.78, 5) is 36.4. The van der Waals surface area contributed by atoms with Crippen molar-refractivity contribution in [3.8, 4) is 0 Å². The first-order valence-electron chi connectivity index (χ1n) is 10.3. The molecule has 166 valence electrons. The van der Waals surface area contributed by atoms with Gasteiger partial charge >= 0.3 is 11.6 Å². The minimum Gasteiger partial charge on any atom is -0.390 e. The van der Waals surface area contributed by atoms with Crippen molar-refractivity contribution in [2.45, 2.75) is 13.0 Å². The molecule has 1 N–H and O–H groups in total. The lowest BCUT2D eigenvalue weighted by Gasteiger charge is -2.29. The smallest absolute Gasteiger partial charge is 0.390 e. The maximum Gasteiger partial charge on any atom is 0.460 e. The SMILES string of the molecule is CC(=O)C(C[P+](c1ccccc1)(c1ccccc1)c1ccccc1)n1c([N+](=O)[O-])n[nH]c1=O. The third kappa shape index (κ3) is 4.13. The lowest BCUT2D eigenvalue weighted by atomic mass is 10.2. The van der Waals surface area contributed by atoms with E-state index in [0.717, 1.165) is 20.5 Å². The van der Waals surface area contributed by atoms with Crippen molar-refractivity contribution in [3.05, 3.63) is 112 Å². The zero-order chi connectivity index (χ0) is 23.4. The fraction of sp³-hybridized carbons (Fsp3) is 0.125. The van der Waals surface area contributed by atoms with Gasteiger partial charge in [0.2, 0.25) is 0 Å². The van der Waals surface area contributed by atoms with E-state index in [9.17, 15) is 19.7 Å². The van der Waals surface area contributed by atoms with E-state index >= 15 is 0 Å². The normalized spacial score (nSPS) is 12.3. The summed E-state index contributed by atoms with van der Waals surface area (Å²) in [6.45, 7) is 1.35. The summed E-state index contributed by atoms with van der Waals surface area (Å²) in [7, 11) is -2.52. The second kappa shape index (κ2) is 9.30. The first-order chi connectivity index (χ1) is 15.9. The molecule has 0 fully saturated rings. The Morgan fingerprint density at radius 1 is 0.939 bits per heavy atom. The third-order valence-electron chi connectivity index (χ3n) is 5.67. The predicted molar refractivity (Wildman–Crippen MR) is 129 cm³/mol. The maximum absolute atomic E-state index is 12.9. The van der Waals surface area contributed by atoms with Crippen LogP contribution >= 0.6 is 7.26 Å². The lowest BCUT2D eigenvalue weighted by molar-refractivity contribution is -0.397. The standard InChI is InChI=1S/C24H21N4O4P/c1-18(29)22(27-23(28(31)32)25-26-24(27)30)17-33(19-11-5-2-6-12-19,20-13-7-3-8-14-20)21-15-9-4-10-16-21/h2-16,22H,17H2,1H3/p+1. The molecule has 0 bridgehead atoms. The monoisotopic (exact) mass is 461 g/mol. The van der Waals surface area contributed by atoms with E-state index in [4.69, 9.17) is 0 Å². The van der Waals surface area contributed by atoms with Crippen molar-refractivity contribution < 1.29 is 9.72 Å². The summed E-state index contributed by atoms with van der Waals surface area (Å²) in [5.41, 5.74) is -0.783. The Morgan fingerprint density at radius 2 is 1.36 bits per heavy atom. The summed E-state index contributed by atoms with van der Waals surface area (Å²) in [5.74, 6) is -1.03. The largest absolute Gasteiger partial charge is 0.460 e. The highest BCUT2D eigenvalue weighted by Gasteiger charge is 2.50. The van der Waals surface area contributed by atoms with Crippen LogP contribution in [0.5, 0.6) is 0 Å². The molecule has 0 saturated carbocycles. The number of carbonyl (C=O) groups is 1. The van der Waals surface area contributed by atoms with Crippen LogP contribution in [0.1, 0.15) is 13.0 Å². The van der Waals surface area contributed by atoms with Crippen LogP contribution in [0.3, 0.4) is 0 Å². The fourth-order valence-corrected chi connectivity index (χ4v) is 8.68. The molecule has 0 saturated heterocycles.